The van der Waals surface area contributed by atoms with Crippen LogP contribution in [0.5, 0.6) is 0 Å². The van der Waals surface area contributed by atoms with Gasteiger partial charge in [-0.3, -0.25) is 4.79 Å². The lowest BCUT2D eigenvalue weighted by molar-refractivity contribution is -0.144. The normalized spacial score (nSPS) is 14.4. The first-order valence-corrected chi connectivity index (χ1v) is 5.88. The molecular formula is C10H15N3O2S. The fourth-order valence-corrected chi connectivity index (χ4v) is 2.06. The Hall–Kier alpha value is -1.14. The molecule has 0 bridgehead atoms. The number of thioether (sulfide) groups is 1. The molecule has 2 N–H and O–H groups in total. The molecule has 88 valence electrons. The second-order valence-corrected chi connectivity index (χ2v) is 4.65. The van der Waals surface area contributed by atoms with E-state index in [9.17, 15) is 4.79 Å². The minimum absolute atomic E-state index is 0.535. The summed E-state index contributed by atoms with van der Waals surface area (Å²) in [6, 6.07) is 1.81. The molecule has 0 fully saturated rings. The van der Waals surface area contributed by atoms with E-state index in [1.807, 2.05) is 6.07 Å². The van der Waals surface area contributed by atoms with Crippen LogP contribution in [0, 0.1) is 0 Å². The average Bonchev–Trinajstić information content (AvgIpc) is 2.30. The van der Waals surface area contributed by atoms with Gasteiger partial charge in [-0.2, -0.15) is 0 Å². The largest absolute Gasteiger partial charge is 0.480 e. The second kappa shape index (κ2) is 5.81. The van der Waals surface area contributed by atoms with Crippen molar-refractivity contribution < 1.29 is 9.90 Å². The summed E-state index contributed by atoms with van der Waals surface area (Å²) < 4.78 is 0. The van der Waals surface area contributed by atoms with Gasteiger partial charge < -0.3 is 10.4 Å². The topological polar surface area (TPSA) is 75.1 Å². The third-order valence-corrected chi connectivity index (χ3v) is 3.38. The number of hydrogen-bond donors (Lipinski definition) is 2. The first kappa shape index (κ1) is 12.9. The Morgan fingerprint density at radius 1 is 1.69 bits per heavy atom. The fourth-order valence-electron chi connectivity index (χ4n) is 1.06. The maximum atomic E-state index is 11.0. The Morgan fingerprint density at radius 3 is 2.94 bits per heavy atom. The van der Waals surface area contributed by atoms with Crippen LogP contribution in [0.3, 0.4) is 0 Å². The highest BCUT2D eigenvalue weighted by molar-refractivity contribution is 7.99. The summed E-state index contributed by atoms with van der Waals surface area (Å²) in [6.07, 6.45) is 3.69. The van der Waals surface area contributed by atoms with Crippen LogP contribution in [-0.4, -0.2) is 39.4 Å². The number of hydrogen-bond acceptors (Lipinski definition) is 5. The van der Waals surface area contributed by atoms with Gasteiger partial charge in [0.25, 0.3) is 0 Å². The van der Waals surface area contributed by atoms with E-state index >= 15 is 0 Å². The molecule has 0 amide bonds. The standard InChI is InChI=1S/C10H15N3O2S/c1-10(11-2,9(14)15)4-6-16-8-3-5-12-7-13-8/h3,5,7,11H,4,6H2,1-2H3,(H,14,15). The van der Waals surface area contributed by atoms with Crippen molar-refractivity contribution in [3.05, 3.63) is 18.6 Å². The van der Waals surface area contributed by atoms with Gasteiger partial charge in [0.2, 0.25) is 0 Å². The lowest BCUT2D eigenvalue weighted by Gasteiger charge is -2.23. The van der Waals surface area contributed by atoms with Crippen molar-refractivity contribution in [2.75, 3.05) is 12.8 Å². The van der Waals surface area contributed by atoms with Gasteiger partial charge in [0.15, 0.2) is 0 Å². The molecule has 0 saturated heterocycles. The minimum Gasteiger partial charge on any atom is -0.480 e. The molecule has 0 aliphatic rings. The van der Waals surface area contributed by atoms with Gasteiger partial charge in [-0.1, -0.05) is 0 Å². The fraction of sp³-hybridized carbons (Fsp3) is 0.500. The lowest BCUT2D eigenvalue weighted by Crippen LogP contribution is -2.47. The van der Waals surface area contributed by atoms with Gasteiger partial charge in [-0.15, -0.1) is 11.8 Å². The molecular weight excluding hydrogens is 226 g/mol. The van der Waals surface area contributed by atoms with Crippen molar-refractivity contribution >= 4 is 17.7 Å². The number of nitrogens with zero attached hydrogens (tertiary/aromatic N) is 2. The third-order valence-electron chi connectivity index (χ3n) is 2.43. The van der Waals surface area contributed by atoms with Crippen molar-refractivity contribution in [1.82, 2.24) is 15.3 Å². The quantitative estimate of drug-likeness (QED) is 0.572. The van der Waals surface area contributed by atoms with E-state index < -0.39 is 11.5 Å². The van der Waals surface area contributed by atoms with E-state index in [1.54, 1.807) is 20.2 Å². The molecule has 1 rings (SSSR count). The van der Waals surface area contributed by atoms with Crippen LogP contribution in [0.15, 0.2) is 23.6 Å². The monoisotopic (exact) mass is 241 g/mol. The average molecular weight is 241 g/mol. The Balaban J connectivity index is 2.43. The molecule has 1 atom stereocenters. The zero-order valence-corrected chi connectivity index (χ0v) is 10.1. The van der Waals surface area contributed by atoms with Gasteiger partial charge in [0.1, 0.15) is 11.9 Å². The van der Waals surface area contributed by atoms with Gasteiger partial charge in [-0.25, -0.2) is 9.97 Å². The van der Waals surface area contributed by atoms with Gasteiger partial charge >= 0.3 is 5.97 Å². The summed E-state index contributed by atoms with van der Waals surface area (Å²) in [4.78, 5) is 18.9. The summed E-state index contributed by atoms with van der Waals surface area (Å²) in [5.74, 6) is -0.140. The SMILES string of the molecule is CNC(C)(CCSc1ccncn1)C(=O)O. The minimum atomic E-state index is -0.875. The zero-order chi connectivity index (χ0) is 12.0. The van der Waals surface area contributed by atoms with E-state index in [-0.39, 0.29) is 0 Å². The van der Waals surface area contributed by atoms with Gasteiger partial charge in [-0.05, 0) is 26.5 Å². The van der Waals surface area contributed by atoms with Crippen LogP contribution < -0.4 is 5.32 Å². The predicted octanol–water partition coefficient (Wildman–Crippen LogP) is 1.02. The number of carboxylic acids is 1. The molecule has 1 aromatic rings. The molecule has 16 heavy (non-hydrogen) atoms. The molecule has 0 aromatic carbocycles. The highest BCUT2D eigenvalue weighted by Crippen LogP contribution is 2.19. The number of carboxylic acid groups (broad SMARTS) is 1. The molecule has 0 saturated carbocycles. The summed E-state index contributed by atoms with van der Waals surface area (Å²) in [7, 11) is 1.66. The summed E-state index contributed by atoms with van der Waals surface area (Å²) in [5.41, 5.74) is -0.875. The molecule has 6 heteroatoms. The molecule has 1 aromatic heterocycles. The highest BCUT2D eigenvalue weighted by Gasteiger charge is 2.30. The number of nitrogens with one attached hydrogen (secondary N) is 1. The summed E-state index contributed by atoms with van der Waals surface area (Å²) in [6.45, 7) is 1.68. The van der Waals surface area contributed by atoms with Gasteiger partial charge in [0.05, 0.1) is 5.03 Å². The van der Waals surface area contributed by atoms with Crippen LogP contribution >= 0.6 is 11.8 Å². The first-order valence-electron chi connectivity index (χ1n) is 4.89. The molecule has 0 aliphatic carbocycles. The van der Waals surface area contributed by atoms with Crippen molar-refractivity contribution in [3.8, 4) is 0 Å². The van der Waals surface area contributed by atoms with Crippen LogP contribution in [0.2, 0.25) is 0 Å². The van der Waals surface area contributed by atoms with Crippen molar-refractivity contribution in [2.45, 2.75) is 23.9 Å². The van der Waals surface area contributed by atoms with Crippen molar-refractivity contribution in [1.29, 1.82) is 0 Å². The Labute approximate surface area is 98.7 Å². The highest BCUT2D eigenvalue weighted by atomic mass is 32.2. The van der Waals surface area contributed by atoms with Crippen LogP contribution in [0.1, 0.15) is 13.3 Å². The van der Waals surface area contributed by atoms with Crippen LogP contribution in [-0.2, 0) is 4.79 Å². The first-order chi connectivity index (χ1) is 7.58. The summed E-state index contributed by atoms with van der Waals surface area (Å²) in [5, 5.41) is 12.7. The maximum Gasteiger partial charge on any atom is 0.323 e. The number of aromatic nitrogens is 2. The maximum absolute atomic E-state index is 11.0. The van der Waals surface area contributed by atoms with E-state index in [1.165, 1.54) is 18.1 Å². The summed E-state index contributed by atoms with van der Waals surface area (Å²) >= 11 is 1.53. The van der Waals surface area contributed by atoms with Crippen molar-refractivity contribution in [2.24, 2.45) is 0 Å². The Kier molecular flexibility index (Phi) is 4.70. The molecule has 5 nitrogen and oxygen atoms in total. The van der Waals surface area contributed by atoms with Crippen LogP contribution in [0.4, 0.5) is 0 Å². The molecule has 0 aliphatic heterocycles. The zero-order valence-electron chi connectivity index (χ0n) is 9.30. The van der Waals surface area contributed by atoms with E-state index in [0.717, 1.165) is 5.03 Å². The molecule has 1 heterocycles. The Morgan fingerprint density at radius 2 is 2.44 bits per heavy atom. The number of likely N-dealkylation sites (N-methyl/N-ethyl adjacent to an activating group) is 1. The lowest BCUT2D eigenvalue weighted by atomic mass is 10.00. The molecule has 0 radical (unpaired) electrons. The molecule has 0 spiro atoms. The second-order valence-electron chi connectivity index (χ2n) is 3.53. The van der Waals surface area contributed by atoms with Crippen molar-refractivity contribution in [3.63, 3.8) is 0 Å². The predicted molar refractivity (Wildman–Crippen MR) is 62.5 cm³/mol. The van der Waals surface area contributed by atoms with E-state index in [2.05, 4.69) is 15.3 Å². The number of rotatable bonds is 6. The number of aliphatic carboxylic acids is 1. The number of carbonyl (C=O) groups is 1. The third kappa shape index (κ3) is 3.46. The van der Waals surface area contributed by atoms with E-state index in [4.69, 9.17) is 5.11 Å². The van der Waals surface area contributed by atoms with Crippen LogP contribution in [0.25, 0.3) is 0 Å². The smallest absolute Gasteiger partial charge is 0.323 e. The van der Waals surface area contributed by atoms with E-state index in [0.29, 0.717) is 12.2 Å². The molecule has 1 unspecified atom stereocenters. The van der Waals surface area contributed by atoms with Gasteiger partial charge in [0, 0.05) is 11.9 Å². The Bertz CT molecular complexity index is 347.